The minimum absolute atomic E-state index is 0.0509. The Kier molecular flexibility index (Phi) is 3.17. The summed E-state index contributed by atoms with van der Waals surface area (Å²) in [4.78, 5) is 0. The van der Waals surface area contributed by atoms with Crippen molar-refractivity contribution in [2.24, 2.45) is 10.6 Å². The maximum absolute atomic E-state index is 12.6. The smallest absolute Gasteiger partial charge is 0.245 e. The average Bonchev–Trinajstić information content (AvgIpc) is 2.35. The highest BCUT2D eigenvalue weighted by atomic mass is 32.2. The lowest BCUT2D eigenvalue weighted by atomic mass is 9.89. The monoisotopic (exact) mass is 197 g/mol. The van der Waals surface area contributed by atoms with Gasteiger partial charge in [0.05, 0.1) is 11.0 Å². The zero-order valence-electron chi connectivity index (χ0n) is 6.76. The van der Waals surface area contributed by atoms with Crippen LogP contribution in [0.15, 0.2) is 0 Å². The summed E-state index contributed by atoms with van der Waals surface area (Å²) >= 11 is 0. The average molecular weight is 197 g/mol. The molecule has 0 aromatic rings. The van der Waals surface area contributed by atoms with Gasteiger partial charge in [0.1, 0.15) is 0 Å². The molecule has 0 aromatic carbocycles. The zero-order chi connectivity index (χ0) is 9.19. The highest BCUT2D eigenvalue weighted by molar-refractivity contribution is 7.82. The Balaban J connectivity index is 2.65. The van der Waals surface area contributed by atoms with Crippen LogP contribution < -0.4 is 5.14 Å². The van der Waals surface area contributed by atoms with E-state index < -0.39 is 22.8 Å². The second-order valence-corrected chi connectivity index (χ2v) is 4.45. The van der Waals surface area contributed by atoms with Gasteiger partial charge in [-0.15, -0.1) is 0 Å². The fourth-order valence-electron chi connectivity index (χ4n) is 1.79. The number of hydrogen-bond donors (Lipinski definition) is 1. The van der Waals surface area contributed by atoms with Gasteiger partial charge in [-0.1, -0.05) is 12.8 Å². The Morgan fingerprint density at radius 3 is 2.25 bits per heavy atom. The second kappa shape index (κ2) is 3.79. The van der Waals surface area contributed by atoms with Crippen LogP contribution >= 0.6 is 0 Å². The van der Waals surface area contributed by atoms with Crippen LogP contribution in [0.3, 0.4) is 0 Å². The Morgan fingerprint density at radius 1 is 1.42 bits per heavy atom. The fraction of sp³-hybridized carbons (Fsp3) is 1.00. The third kappa shape index (κ3) is 2.01. The lowest BCUT2D eigenvalue weighted by Crippen LogP contribution is -2.34. The summed E-state index contributed by atoms with van der Waals surface area (Å²) < 4.78 is 35.8. The van der Waals surface area contributed by atoms with Gasteiger partial charge in [0, 0.05) is 11.2 Å². The molecular weight excluding hydrogens is 184 g/mol. The Bertz CT molecular complexity index is 180. The fourth-order valence-corrected chi connectivity index (χ4v) is 2.77. The topological polar surface area (TPSA) is 43.1 Å². The Morgan fingerprint density at radius 2 is 1.92 bits per heavy atom. The van der Waals surface area contributed by atoms with Crippen molar-refractivity contribution in [1.82, 2.24) is 0 Å². The largest absolute Gasteiger partial charge is 0.252 e. The van der Waals surface area contributed by atoms with Crippen LogP contribution in [0.1, 0.15) is 25.7 Å². The molecular formula is C7H13F2NOS. The maximum Gasteiger partial charge on any atom is 0.245 e. The van der Waals surface area contributed by atoms with E-state index in [1.165, 1.54) is 0 Å². The molecule has 2 N–H and O–H groups in total. The molecule has 0 heterocycles. The van der Waals surface area contributed by atoms with Crippen LogP contribution in [-0.4, -0.2) is 16.4 Å². The molecule has 0 amide bonds. The van der Waals surface area contributed by atoms with Crippen molar-refractivity contribution in [2.75, 3.05) is 5.75 Å². The SMILES string of the molecule is NS(=O)CC1(C(F)F)CCCC1. The first kappa shape index (κ1) is 10.1. The van der Waals surface area contributed by atoms with E-state index in [1.54, 1.807) is 0 Å². The summed E-state index contributed by atoms with van der Waals surface area (Å²) in [7, 11) is -1.60. The standard InChI is InChI=1S/C7H13F2NOS/c8-6(9)7(5-12(10)11)3-1-2-4-7/h6H,1-5,10H2. The quantitative estimate of drug-likeness (QED) is 0.730. The van der Waals surface area contributed by atoms with Crippen LogP contribution in [0, 0.1) is 5.41 Å². The zero-order valence-corrected chi connectivity index (χ0v) is 7.58. The van der Waals surface area contributed by atoms with Crippen molar-refractivity contribution in [2.45, 2.75) is 32.1 Å². The van der Waals surface area contributed by atoms with Gasteiger partial charge in [0.25, 0.3) is 0 Å². The Labute approximate surface area is 73.1 Å². The summed E-state index contributed by atoms with van der Waals surface area (Å²) in [5.74, 6) is -0.0509. The number of halogens is 2. The predicted octanol–water partition coefficient (Wildman–Crippen LogP) is 1.43. The molecule has 1 atom stereocenters. The minimum atomic E-state index is -2.38. The third-order valence-electron chi connectivity index (χ3n) is 2.49. The van der Waals surface area contributed by atoms with Gasteiger partial charge in [0.2, 0.25) is 6.43 Å². The van der Waals surface area contributed by atoms with Crippen LogP contribution in [0.2, 0.25) is 0 Å². The molecule has 1 fully saturated rings. The number of hydrogen-bond acceptors (Lipinski definition) is 1. The number of alkyl halides is 2. The molecule has 1 aliphatic carbocycles. The molecule has 72 valence electrons. The van der Waals surface area contributed by atoms with Gasteiger partial charge >= 0.3 is 0 Å². The van der Waals surface area contributed by atoms with E-state index in [0.717, 1.165) is 12.8 Å². The van der Waals surface area contributed by atoms with Crippen molar-refractivity contribution < 1.29 is 13.0 Å². The van der Waals surface area contributed by atoms with Gasteiger partial charge in [0.15, 0.2) is 0 Å². The molecule has 0 spiro atoms. The highest BCUT2D eigenvalue weighted by Gasteiger charge is 2.43. The number of rotatable bonds is 3. The molecule has 0 bridgehead atoms. The molecule has 0 aliphatic heterocycles. The maximum atomic E-state index is 12.6. The summed E-state index contributed by atoms with van der Waals surface area (Å²) in [5, 5.41) is 5.03. The van der Waals surface area contributed by atoms with Crippen LogP contribution in [-0.2, 0) is 11.0 Å². The molecule has 1 aliphatic rings. The minimum Gasteiger partial charge on any atom is -0.252 e. The number of nitrogens with two attached hydrogens (primary N) is 1. The van der Waals surface area contributed by atoms with Gasteiger partial charge in [-0.3, -0.25) is 5.14 Å². The molecule has 1 unspecified atom stereocenters. The molecule has 0 radical (unpaired) electrons. The molecule has 0 aromatic heterocycles. The molecule has 1 saturated carbocycles. The van der Waals surface area contributed by atoms with Gasteiger partial charge < -0.3 is 0 Å². The Hall–Kier alpha value is -0.0300. The lowest BCUT2D eigenvalue weighted by Gasteiger charge is -2.26. The normalized spacial score (nSPS) is 24.7. The van der Waals surface area contributed by atoms with E-state index >= 15 is 0 Å². The molecule has 1 rings (SSSR count). The third-order valence-corrected chi connectivity index (χ3v) is 3.35. The van der Waals surface area contributed by atoms with Crippen molar-refractivity contribution in [3.8, 4) is 0 Å². The van der Waals surface area contributed by atoms with E-state index in [0.29, 0.717) is 12.8 Å². The molecule has 0 saturated heterocycles. The van der Waals surface area contributed by atoms with Crippen LogP contribution in [0.4, 0.5) is 8.78 Å². The van der Waals surface area contributed by atoms with Gasteiger partial charge in [-0.25, -0.2) is 13.0 Å². The lowest BCUT2D eigenvalue weighted by molar-refractivity contribution is 0.0147. The van der Waals surface area contributed by atoms with Crippen molar-refractivity contribution in [3.05, 3.63) is 0 Å². The molecule has 5 heteroatoms. The van der Waals surface area contributed by atoms with E-state index in [4.69, 9.17) is 5.14 Å². The van der Waals surface area contributed by atoms with Crippen molar-refractivity contribution >= 4 is 11.0 Å². The van der Waals surface area contributed by atoms with Gasteiger partial charge in [-0.05, 0) is 12.8 Å². The van der Waals surface area contributed by atoms with E-state index in [2.05, 4.69) is 0 Å². The predicted molar refractivity (Wildman–Crippen MR) is 44.1 cm³/mol. The molecule has 2 nitrogen and oxygen atoms in total. The van der Waals surface area contributed by atoms with E-state index in [-0.39, 0.29) is 5.75 Å². The summed E-state index contributed by atoms with van der Waals surface area (Å²) in [5.41, 5.74) is -1.04. The van der Waals surface area contributed by atoms with Crippen LogP contribution in [0.5, 0.6) is 0 Å². The first-order valence-electron chi connectivity index (χ1n) is 3.98. The first-order valence-corrected chi connectivity index (χ1v) is 5.36. The second-order valence-electron chi connectivity index (χ2n) is 3.40. The summed E-state index contributed by atoms with van der Waals surface area (Å²) in [6.07, 6.45) is 0.164. The highest BCUT2D eigenvalue weighted by Crippen LogP contribution is 2.43. The van der Waals surface area contributed by atoms with Gasteiger partial charge in [-0.2, -0.15) is 0 Å². The van der Waals surface area contributed by atoms with Crippen molar-refractivity contribution in [1.29, 1.82) is 0 Å². The summed E-state index contributed by atoms with van der Waals surface area (Å²) in [6, 6.07) is 0. The van der Waals surface area contributed by atoms with E-state index in [9.17, 15) is 13.0 Å². The van der Waals surface area contributed by atoms with Crippen molar-refractivity contribution in [3.63, 3.8) is 0 Å². The first-order chi connectivity index (χ1) is 5.57. The molecule has 12 heavy (non-hydrogen) atoms. The summed E-state index contributed by atoms with van der Waals surface area (Å²) in [6.45, 7) is 0. The van der Waals surface area contributed by atoms with Crippen LogP contribution in [0.25, 0.3) is 0 Å². The van der Waals surface area contributed by atoms with E-state index in [1.807, 2.05) is 0 Å².